The molecule has 118 valence electrons. The molecule has 1 aromatic heterocycles. The van der Waals surface area contributed by atoms with Gasteiger partial charge in [0.1, 0.15) is 5.75 Å². The number of nitrogens with one attached hydrogen (secondary N) is 1. The third-order valence-corrected chi connectivity index (χ3v) is 3.56. The molecule has 0 aliphatic rings. The Labute approximate surface area is 129 Å². The van der Waals surface area contributed by atoms with Gasteiger partial charge in [-0.15, -0.1) is 0 Å². The van der Waals surface area contributed by atoms with Crippen molar-refractivity contribution < 1.29 is 19.1 Å². The van der Waals surface area contributed by atoms with Crippen molar-refractivity contribution >= 4 is 23.0 Å². The summed E-state index contributed by atoms with van der Waals surface area (Å²) in [6, 6.07) is 5.41. The normalized spacial score (nSPS) is 10.5. The fourth-order valence-electron chi connectivity index (χ4n) is 2.08. The lowest BCUT2D eigenvalue weighted by Crippen LogP contribution is -2.29. The van der Waals surface area contributed by atoms with E-state index in [0.29, 0.717) is 25.1 Å². The van der Waals surface area contributed by atoms with Crippen molar-refractivity contribution in [3.8, 4) is 5.75 Å². The van der Waals surface area contributed by atoms with Gasteiger partial charge in [-0.2, -0.15) is 0 Å². The zero-order valence-corrected chi connectivity index (χ0v) is 13.0. The molecule has 0 saturated carbocycles. The van der Waals surface area contributed by atoms with Gasteiger partial charge in [-0.05, 0) is 31.0 Å². The van der Waals surface area contributed by atoms with Gasteiger partial charge in [-0.25, -0.2) is 4.79 Å². The summed E-state index contributed by atoms with van der Waals surface area (Å²) < 4.78 is 9.94. The van der Waals surface area contributed by atoms with Crippen LogP contribution in [0.4, 0.5) is 4.79 Å². The van der Waals surface area contributed by atoms with E-state index in [1.165, 1.54) is 12.0 Å². The van der Waals surface area contributed by atoms with Gasteiger partial charge in [0.2, 0.25) is 0 Å². The molecule has 0 bridgehead atoms. The number of amides is 1. The van der Waals surface area contributed by atoms with Crippen molar-refractivity contribution in [1.82, 2.24) is 9.88 Å². The minimum Gasteiger partial charge on any atom is -0.469 e. The van der Waals surface area contributed by atoms with E-state index >= 15 is 0 Å². The molecule has 0 radical (unpaired) electrons. The smallest absolute Gasteiger partial charge is 0.414 e. The van der Waals surface area contributed by atoms with Crippen molar-refractivity contribution in [2.24, 2.45) is 0 Å². The van der Waals surface area contributed by atoms with Gasteiger partial charge in [-0.1, -0.05) is 0 Å². The molecule has 6 nitrogen and oxygen atoms in total. The molecule has 0 aliphatic carbocycles. The average molecular weight is 304 g/mol. The van der Waals surface area contributed by atoms with Gasteiger partial charge < -0.3 is 19.4 Å². The lowest BCUT2D eigenvalue weighted by molar-refractivity contribution is -0.140. The minimum atomic E-state index is -0.390. The summed E-state index contributed by atoms with van der Waals surface area (Å²) in [5.74, 6) is 0.252. The number of benzene rings is 1. The molecule has 0 aliphatic heterocycles. The lowest BCUT2D eigenvalue weighted by Gasteiger charge is -2.14. The first-order valence-electron chi connectivity index (χ1n) is 7.15. The molecule has 0 spiro atoms. The second-order valence-corrected chi connectivity index (χ2v) is 4.98. The molecule has 2 rings (SSSR count). The first kappa shape index (κ1) is 15.9. The Morgan fingerprint density at radius 1 is 1.32 bits per heavy atom. The van der Waals surface area contributed by atoms with E-state index < -0.39 is 0 Å². The molecule has 0 saturated heterocycles. The van der Waals surface area contributed by atoms with Crippen LogP contribution in [0.1, 0.15) is 18.9 Å². The van der Waals surface area contributed by atoms with Gasteiger partial charge in [0.05, 0.1) is 7.11 Å². The number of hydrogen-bond acceptors (Lipinski definition) is 4. The Balaban J connectivity index is 2.12. The fourth-order valence-corrected chi connectivity index (χ4v) is 2.08. The highest BCUT2D eigenvalue weighted by Crippen LogP contribution is 2.24. The number of aromatic amines is 1. The van der Waals surface area contributed by atoms with Crippen LogP contribution in [-0.2, 0) is 16.0 Å². The van der Waals surface area contributed by atoms with Gasteiger partial charge in [0.15, 0.2) is 0 Å². The Morgan fingerprint density at radius 3 is 2.77 bits per heavy atom. The quantitative estimate of drug-likeness (QED) is 0.862. The van der Waals surface area contributed by atoms with Crippen molar-refractivity contribution in [3.63, 3.8) is 0 Å². The second kappa shape index (κ2) is 6.98. The van der Waals surface area contributed by atoms with Gasteiger partial charge in [-0.3, -0.25) is 4.79 Å². The van der Waals surface area contributed by atoms with Crippen molar-refractivity contribution in [2.75, 3.05) is 20.7 Å². The summed E-state index contributed by atoms with van der Waals surface area (Å²) in [5.41, 5.74) is 1.90. The van der Waals surface area contributed by atoms with E-state index in [9.17, 15) is 9.59 Å². The van der Waals surface area contributed by atoms with E-state index in [1.54, 1.807) is 19.2 Å². The van der Waals surface area contributed by atoms with Crippen molar-refractivity contribution in [3.05, 3.63) is 30.0 Å². The van der Waals surface area contributed by atoms with Crippen molar-refractivity contribution in [2.45, 2.75) is 19.8 Å². The average Bonchev–Trinajstić information content (AvgIpc) is 2.93. The summed E-state index contributed by atoms with van der Waals surface area (Å²) in [5, 5.41) is 1.01. The maximum atomic E-state index is 11.7. The van der Waals surface area contributed by atoms with Crippen LogP contribution < -0.4 is 4.74 Å². The molecule has 6 heteroatoms. The van der Waals surface area contributed by atoms with Crippen LogP contribution in [-0.4, -0.2) is 42.6 Å². The Hall–Kier alpha value is -2.50. The third-order valence-electron chi connectivity index (χ3n) is 3.56. The summed E-state index contributed by atoms with van der Waals surface area (Å²) >= 11 is 0. The summed E-state index contributed by atoms with van der Waals surface area (Å²) in [4.78, 5) is 27.6. The van der Waals surface area contributed by atoms with E-state index in [-0.39, 0.29) is 12.1 Å². The third kappa shape index (κ3) is 3.58. The molecule has 1 amide bonds. The predicted molar refractivity (Wildman–Crippen MR) is 83.0 cm³/mol. The van der Waals surface area contributed by atoms with Gasteiger partial charge >= 0.3 is 12.1 Å². The fraction of sp³-hybridized carbons (Fsp3) is 0.375. The number of aryl methyl sites for hydroxylation is 1. The zero-order chi connectivity index (χ0) is 16.1. The number of carbonyl (C=O) groups excluding carboxylic acids is 2. The maximum Gasteiger partial charge on any atom is 0.414 e. The number of methoxy groups -OCH3 is 1. The van der Waals surface area contributed by atoms with Crippen molar-refractivity contribution in [1.29, 1.82) is 0 Å². The van der Waals surface area contributed by atoms with E-state index in [0.717, 1.165) is 16.5 Å². The molecular weight excluding hydrogens is 284 g/mol. The summed E-state index contributed by atoms with van der Waals surface area (Å²) in [7, 11) is 3.06. The number of rotatable bonds is 5. The monoisotopic (exact) mass is 304 g/mol. The molecule has 1 heterocycles. The SMILES string of the molecule is CCN(C)C(=O)Oc1ccc2c(CCC(=O)OC)c[nH]c2c1. The second-order valence-electron chi connectivity index (χ2n) is 4.98. The highest BCUT2D eigenvalue weighted by atomic mass is 16.6. The summed E-state index contributed by atoms with van der Waals surface area (Å²) in [6.07, 6.45) is 2.41. The molecule has 1 aromatic carbocycles. The number of H-pyrrole nitrogens is 1. The lowest BCUT2D eigenvalue weighted by atomic mass is 10.1. The first-order valence-corrected chi connectivity index (χ1v) is 7.15. The Kier molecular flexibility index (Phi) is 5.04. The van der Waals surface area contributed by atoms with Crippen LogP contribution >= 0.6 is 0 Å². The van der Waals surface area contributed by atoms with Crippen LogP contribution in [0.2, 0.25) is 0 Å². The molecule has 0 fully saturated rings. The molecule has 0 atom stereocenters. The number of ether oxygens (including phenoxy) is 2. The maximum absolute atomic E-state index is 11.7. The number of nitrogens with zero attached hydrogens (tertiary/aromatic N) is 1. The van der Waals surface area contributed by atoms with E-state index in [1.807, 2.05) is 19.2 Å². The van der Waals surface area contributed by atoms with Crippen LogP contribution in [0.5, 0.6) is 5.75 Å². The number of esters is 1. The Morgan fingerprint density at radius 2 is 2.09 bits per heavy atom. The van der Waals surface area contributed by atoms with E-state index in [2.05, 4.69) is 9.72 Å². The van der Waals surface area contributed by atoms with Gasteiger partial charge in [0.25, 0.3) is 0 Å². The summed E-state index contributed by atoms with van der Waals surface area (Å²) in [6.45, 7) is 2.46. The van der Waals surface area contributed by atoms with E-state index in [4.69, 9.17) is 4.74 Å². The van der Waals surface area contributed by atoms with Crippen LogP contribution in [0.25, 0.3) is 10.9 Å². The number of hydrogen-bond donors (Lipinski definition) is 1. The number of carbonyl (C=O) groups is 2. The molecular formula is C16H20N2O4. The highest BCUT2D eigenvalue weighted by Gasteiger charge is 2.11. The van der Waals surface area contributed by atoms with Gasteiger partial charge in [0, 0.05) is 43.2 Å². The molecule has 0 unspecified atom stereocenters. The highest BCUT2D eigenvalue weighted by molar-refractivity contribution is 5.85. The molecule has 1 N–H and O–H groups in total. The zero-order valence-electron chi connectivity index (χ0n) is 13.0. The predicted octanol–water partition coefficient (Wildman–Crippen LogP) is 2.72. The number of aromatic nitrogens is 1. The van der Waals surface area contributed by atoms with Crippen LogP contribution in [0.15, 0.2) is 24.4 Å². The molecule has 2 aromatic rings. The Bertz CT molecular complexity index is 678. The number of fused-ring (bicyclic) bond motifs is 1. The minimum absolute atomic E-state index is 0.234. The molecule has 22 heavy (non-hydrogen) atoms. The topological polar surface area (TPSA) is 71.6 Å². The first-order chi connectivity index (χ1) is 10.5. The van der Waals surface area contributed by atoms with Crippen LogP contribution in [0, 0.1) is 0 Å². The standard InChI is InChI=1S/C16H20N2O4/c1-4-18(2)16(20)22-12-6-7-13-11(5-8-15(19)21-3)10-17-14(13)9-12/h6-7,9-10,17H,4-5,8H2,1-3H3. The largest absolute Gasteiger partial charge is 0.469 e. The van der Waals surface area contributed by atoms with Crippen LogP contribution in [0.3, 0.4) is 0 Å².